The van der Waals surface area contributed by atoms with Crippen LogP contribution in [0.3, 0.4) is 0 Å². The smallest absolute Gasteiger partial charge is 0.137 e. The highest BCUT2D eigenvalue weighted by Gasteiger charge is 2.11. The van der Waals surface area contributed by atoms with Gasteiger partial charge in [-0.1, -0.05) is 51.3 Å². The number of nitrogens with zero attached hydrogens (tertiary/aromatic N) is 3. The lowest BCUT2D eigenvalue weighted by molar-refractivity contribution is 1.36. The number of pyridine rings is 1. The van der Waals surface area contributed by atoms with Crippen molar-refractivity contribution in [2.45, 2.75) is 0 Å². The van der Waals surface area contributed by atoms with Crippen molar-refractivity contribution in [3.63, 3.8) is 0 Å². The first kappa shape index (κ1) is 19.1. The zero-order valence-corrected chi connectivity index (χ0v) is 18.1. The van der Waals surface area contributed by atoms with Gasteiger partial charge >= 0.3 is 0 Å². The van der Waals surface area contributed by atoms with E-state index < -0.39 is 0 Å². The lowest BCUT2D eigenvalue weighted by Gasteiger charge is -2.03. The quantitative estimate of drug-likeness (QED) is 0.222. The molecule has 0 atom stereocenters. The van der Waals surface area contributed by atoms with Crippen LogP contribution in [-0.2, 0) is 0 Å². The summed E-state index contributed by atoms with van der Waals surface area (Å²) >= 11 is 17.2. The number of fused-ring (bicyclic) bond motifs is 1. The number of allylic oxidation sites excluding steroid dienone is 1. The first-order valence-electron chi connectivity index (χ1n) is 8.13. The maximum atomic E-state index is 9.67. The third kappa shape index (κ3) is 3.96. The molecular formula is C21H10BrCl2N3S. The molecule has 0 aliphatic rings. The molecule has 0 bridgehead atoms. The SMILES string of the molecule is N#C/C(=C\c1cc2cc(Br)ccc2nc1Cl)c1nc(-c2ccc(Cl)cc2)cs1. The number of benzene rings is 2. The Bertz CT molecular complexity index is 1260. The highest BCUT2D eigenvalue weighted by molar-refractivity contribution is 9.10. The number of halogens is 3. The number of rotatable bonds is 3. The Morgan fingerprint density at radius 2 is 1.86 bits per heavy atom. The highest BCUT2D eigenvalue weighted by Crippen LogP contribution is 2.30. The predicted octanol–water partition coefficient (Wildman–Crippen LogP) is 7.49. The second kappa shape index (κ2) is 8.02. The first-order valence-corrected chi connectivity index (χ1v) is 10.6. The zero-order chi connectivity index (χ0) is 19.7. The third-order valence-corrected chi connectivity index (χ3v) is 5.98. The van der Waals surface area contributed by atoms with E-state index in [-0.39, 0.29) is 0 Å². The lowest BCUT2D eigenvalue weighted by atomic mass is 10.1. The number of aromatic nitrogens is 2. The van der Waals surface area contributed by atoms with E-state index in [4.69, 9.17) is 23.2 Å². The summed E-state index contributed by atoms with van der Waals surface area (Å²) in [5, 5.41) is 14.2. The van der Waals surface area contributed by atoms with E-state index in [2.05, 4.69) is 32.0 Å². The van der Waals surface area contributed by atoms with Crippen molar-refractivity contribution in [2.24, 2.45) is 0 Å². The molecule has 0 saturated heterocycles. The summed E-state index contributed by atoms with van der Waals surface area (Å²) in [6.07, 6.45) is 1.72. The number of hydrogen-bond acceptors (Lipinski definition) is 4. The Balaban J connectivity index is 1.74. The van der Waals surface area contributed by atoms with Crippen LogP contribution in [0.4, 0.5) is 0 Å². The fourth-order valence-electron chi connectivity index (χ4n) is 2.69. The standard InChI is InChI=1S/C21H10BrCl2N3S/c22-16-3-6-18-13(9-16)7-14(20(24)26-18)8-15(10-25)21-27-19(11-28-21)12-1-4-17(23)5-2-12/h1-9,11H/b15-8+. The van der Waals surface area contributed by atoms with Gasteiger partial charge in [-0.25, -0.2) is 9.97 Å². The van der Waals surface area contributed by atoms with E-state index in [1.165, 1.54) is 11.3 Å². The maximum absolute atomic E-state index is 9.67. The van der Waals surface area contributed by atoms with Crippen LogP contribution in [0, 0.1) is 11.3 Å². The first-order chi connectivity index (χ1) is 13.5. The maximum Gasteiger partial charge on any atom is 0.137 e. The molecular weight excluding hydrogens is 477 g/mol. The van der Waals surface area contributed by atoms with Gasteiger partial charge in [0.15, 0.2) is 0 Å². The highest BCUT2D eigenvalue weighted by atomic mass is 79.9. The van der Waals surface area contributed by atoms with Crippen LogP contribution < -0.4 is 0 Å². The minimum absolute atomic E-state index is 0.344. The summed E-state index contributed by atoms with van der Waals surface area (Å²) < 4.78 is 0.951. The van der Waals surface area contributed by atoms with Crippen molar-refractivity contribution in [2.75, 3.05) is 0 Å². The van der Waals surface area contributed by atoms with Gasteiger partial charge < -0.3 is 0 Å². The fourth-order valence-corrected chi connectivity index (χ4v) is 4.19. The van der Waals surface area contributed by atoms with Gasteiger partial charge in [-0.3, -0.25) is 0 Å². The van der Waals surface area contributed by atoms with Crippen LogP contribution in [0.5, 0.6) is 0 Å². The van der Waals surface area contributed by atoms with Crippen LogP contribution in [0.2, 0.25) is 10.2 Å². The summed E-state index contributed by atoms with van der Waals surface area (Å²) in [5.74, 6) is 0. The lowest BCUT2D eigenvalue weighted by Crippen LogP contribution is -1.87. The Kier molecular flexibility index (Phi) is 5.47. The van der Waals surface area contributed by atoms with E-state index in [0.29, 0.717) is 26.3 Å². The Labute approximate surface area is 184 Å². The molecule has 0 unspecified atom stereocenters. The van der Waals surface area contributed by atoms with Gasteiger partial charge in [-0.05, 0) is 42.5 Å². The van der Waals surface area contributed by atoms with Crippen molar-refractivity contribution >= 4 is 73.0 Å². The molecule has 2 aromatic heterocycles. The van der Waals surface area contributed by atoms with E-state index in [0.717, 1.165) is 26.6 Å². The van der Waals surface area contributed by atoms with Crippen LogP contribution in [0.25, 0.3) is 33.8 Å². The summed E-state index contributed by atoms with van der Waals surface area (Å²) in [6.45, 7) is 0. The Morgan fingerprint density at radius 3 is 2.61 bits per heavy atom. The monoisotopic (exact) mass is 485 g/mol. The Hall–Kier alpha value is -2.23. The topological polar surface area (TPSA) is 49.6 Å². The zero-order valence-electron chi connectivity index (χ0n) is 14.2. The van der Waals surface area contributed by atoms with Crippen LogP contribution >= 0.6 is 50.5 Å². The molecule has 136 valence electrons. The molecule has 4 aromatic rings. The minimum Gasteiger partial charge on any atom is -0.235 e. The van der Waals surface area contributed by atoms with E-state index in [9.17, 15) is 5.26 Å². The average Bonchev–Trinajstić information content (AvgIpc) is 3.17. The largest absolute Gasteiger partial charge is 0.235 e. The third-order valence-electron chi connectivity index (χ3n) is 4.05. The number of nitriles is 1. The van der Waals surface area contributed by atoms with Crippen molar-refractivity contribution in [1.29, 1.82) is 5.26 Å². The number of hydrogen-bond donors (Lipinski definition) is 0. The van der Waals surface area contributed by atoms with Gasteiger partial charge in [0, 0.05) is 31.4 Å². The molecule has 2 aromatic carbocycles. The molecule has 0 saturated carbocycles. The van der Waals surface area contributed by atoms with Crippen LogP contribution in [-0.4, -0.2) is 9.97 Å². The van der Waals surface area contributed by atoms with Gasteiger partial charge in [0.05, 0.1) is 16.8 Å². The molecule has 28 heavy (non-hydrogen) atoms. The summed E-state index contributed by atoms with van der Waals surface area (Å²) in [6, 6.07) is 17.3. The molecule has 0 aliphatic carbocycles. The molecule has 0 aliphatic heterocycles. The molecule has 0 spiro atoms. The van der Waals surface area contributed by atoms with E-state index in [1.807, 2.05) is 53.9 Å². The van der Waals surface area contributed by atoms with Crippen LogP contribution in [0.1, 0.15) is 10.6 Å². The average molecular weight is 487 g/mol. The molecule has 7 heteroatoms. The summed E-state index contributed by atoms with van der Waals surface area (Å²) in [4.78, 5) is 9.02. The number of thiazole rings is 1. The summed E-state index contributed by atoms with van der Waals surface area (Å²) in [7, 11) is 0. The normalized spacial score (nSPS) is 11.6. The van der Waals surface area contributed by atoms with Crippen LogP contribution in [0.15, 0.2) is 58.4 Å². The molecule has 3 nitrogen and oxygen atoms in total. The van der Waals surface area contributed by atoms with Crippen molar-refractivity contribution in [1.82, 2.24) is 9.97 Å². The van der Waals surface area contributed by atoms with Gasteiger partial charge in [-0.15, -0.1) is 11.3 Å². The molecule has 0 radical (unpaired) electrons. The predicted molar refractivity (Wildman–Crippen MR) is 120 cm³/mol. The van der Waals surface area contributed by atoms with Crippen molar-refractivity contribution in [3.05, 3.63) is 79.1 Å². The molecule has 0 amide bonds. The summed E-state index contributed by atoms with van der Waals surface area (Å²) in [5.41, 5.74) is 3.64. The van der Waals surface area contributed by atoms with Gasteiger partial charge in [0.2, 0.25) is 0 Å². The molecule has 0 N–H and O–H groups in total. The van der Waals surface area contributed by atoms with E-state index >= 15 is 0 Å². The van der Waals surface area contributed by atoms with Crippen molar-refractivity contribution < 1.29 is 0 Å². The van der Waals surface area contributed by atoms with Crippen molar-refractivity contribution in [3.8, 4) is 17.3 Å². The second-order valence-electron chi connectivity index (χ2n) is 5.92. The van der Waals surface area contributed by atoms with Gasteiger partial charge in [-0.2, -0.15) is 5.26 Å². The molecule has 0 fully saturated rings. The fraction of sp³-hybridized carbons (Fsp3) is 0. The molecule has 2 heterocycles. The van der Waals surface area contributed by atoms with E-state index in [1.54, 1.807) is 6.08 Å². The van der Waals surface area contributed by atoms with Gasteiger partial charge in [0.25, 0.3) is 0 Å². The van der Waals surface area contributed by atoms with Gasteiger partial charge in [0.1, 0.15) is 16.2 Å². The minimum atomic E-state index is 0.344. The Morgan fingerprint density at radius 1 is 1.07 bits per heavy atom. The molecule has 4 rings (SSSR count). The second-order valence-corrected chi connectivity index (χ2v) is 8.49.